The Labute approximate surface area is 130 Å². The van der Waals surface area contributed by atoms with Gasteiger partial charge in [0.15, 0.2) is 0 Å². The van der Waals surface area contributed by atoms with Crippen LogP contribution >= 0.6 is 11.6 Å². The average molecular weight is 305 g/mol. The molecule has 0 saturated carbocycles. The Morgan fingerprint density at radius 2 is 1.71 bits per heavy atom. The second-order valence-corrected chi connectivity index (χ2v) is 5.55. The predicted molar refractivity (Wildman–Crippen MR) is 87.3 cm³/mol. The molecule has 2 rings (SSSR count). The molecule has 0 aliphatic heterocycles. The van der Waals surface area contributed by atoms with Crippen LogP contribution in [0.25, 0.3) is 0 Å². The number of rotatable bonds is 7. The fraction of sp³-hybridized carbons (Fsp3) is 0.294. The van der Waals surface area contributed by atoms with E-state index >= 15 is 0 Å². The van der Waals surface area contributed by atoms with Crippen LogP contribution in [0.15, 0.2) is 54.6 Å². The van der Waals surface area contributed by atoms with Gasteiger partial charge in [-0.1, -0.05) is 60.1 Å². The van der Waals surface area contributed by atoms with Crippen LogP contribution in [0.4, 0.5) is 0 Å². The Bertz CT molecular complexity index is 547. The third-order valence-corrected chi connectivity index (χ3v) is 3.80. The van der Waals surface area contributed by atoms with Gasteiger partial charge in [-0.25, -0.2) is 0 Å². The Hall–Kier alpha value is -1.39. The van der Waals surface area contributed by atoms with E-state index in [0.29, 0.717) is 19.5 Å². The maximum absolute atomic E-state index is 10.1. The molecule has 4 heteroatoms. The highest BCUT2D eigenvalue weighted by molar-refractivity contribution is 6.31. The van der Waals surface area contributed by atoms with E-state index < -0.39 is 6.10 Å². The van der Waals surface area contributed by atoms with Crippen molar-refractivity contribution in [2.45, 2.75) is 25.1 Å². The summed E-state index contributed by atoms with van der Waals surface area (Å²) in [4.78, 5) is 0. The molecule has 2 aromatic carbocycles. The molecule has 112 valence electrons. The molecule has 0 saturated heterocycles. The van der Waals surface area contributed by atoms with Crippen molar-refractivity contribution in [1.82, 2.24) is 5.32 Å². The van der Waals surface area contributed by atoms with Gasteiger partial charge in [0.2, 0.25) is 0 Å². The summed E-state index contributed by atoms with van der Waals surface area (Å²) in [5.74, 6) is 0. The lowest BCUT2D eigenvalue weighted by Gasteiger charge is -2.19. The molecule has 2 atom stereocenters. The molecule has 2 aromatic rings. The van der Waals surface area contributed by atoms with Crippen LogP contribution in [0.1, 0.15) is 11.1 Å². The van der Waals surface area contributed by atoms with Crippen molar-refractivity contribution < 1.29 is 5.11 Å². The molecule has 21 heavy (non-hydrogen) atoms. The first-order valence-electron chi connectivity index (χ1n) is 7.08. The summed E-state index contributed by atoms with van der Waals surface area (Å²) in [6.07, 6.45) is 0.0724. The number of aliphatic hydroxyl groups is 1. The van der Waals surface area contributed by atoms with Crippen LogP contribution < -0.4 is 11.1 Å². The first-order valence-corrected chi connectivity index (χ1v) is 7.46. The topological polar surface area (TPSA) is 58.3 Å². The largest absolute Gasteiger partial charge is 0.390 e. The maximum atomic E-state index is 10.1. The van der Waals surface area contributed by atoms with Crippen LogP contribution in [-0.2, 0) is 13.0 Å². The number of nitrogens with two attached hydrogens (primary N) is 1. The van der Waals surface area contributed by atoms with Crippen molar-refractivity contribution in [3.63, 3.8) is 0 Å². The van der Waals surface area contributed by atoms with Gasteiger partial charge in [0.25, 0.3) is 0 Å². The van der Waals surface area contributed by atoms with E-state index in [1.54, 1.807) is 0 Å². The lowest BCUT2D eigenvalue weighted by Crippen LogP contribution is -2.43. The molecule has 0 spiro atoms. The van der Waals surface area contributed by atoms with E-state index in [0.717, 1.165) is 16.1 Å². The SMILES string of the molecule is N[C@@H](Cc1ccccc1)[C@H](O)CNCc1ccccc1Cl. The van der Waals surface area contributed by atoms with Crippen LogP contribution in [0.3, 0.4) is 0 Å². The third kappa shape index (κ3) is 5.14. The standard InChI is InChI=1S/C17H21ClN2O/c18-15-9-5-4-8-14(15)11-20-12-17(21)16(19)10-13-6-2-1-3-7-13/h1-9,16-17,20-21H,10-12,19H2/t16-,17+/m0/s1. The van der Waals surface area contributed by atoms with Crippen molar-refractivity contribution in [3.8, 4) is 0 Å². The fourth-order valence-corrected chi connectivity index (χ4v) is 2.37. The molecule has 0 aliphatic rings. The number of hydrogen-bond acceptors (Lipinski definition) is 3. The zero-order valence-electron chi connectivity index (χ0n) is 11.9. The fourth-order valence-electron chi connectivity index (χ4n) is 2.17. The average Bonchev–Trinajstić information content (AvgIpc) is 2.50. The van der Waals surface area contributed by atoms with Crippen molar-refractivity contribution in [1.29, 1.82) is 0 Å². The molecule has 0 bridgehead atoms. The molecule has 0 unspecified atom stereocenters. The van der Waals surface area contributed by atoms with Gasteiger partial charge in [0.05, 0.1) is 6.10 Å². The lowest BCUT2D eigenvalue weighted by molar-refractivity contribution is 0.141. The zero-order valence-corrected chi connectivity index (χ0v) is 12.6. The Kier molecular flexibility index (Phi) is 6.21. The maximum Gasteiger partial charge on any atom is 0.0818 e. The number of hydrogen-bond donors (Lipinski definition) is 3. The third-order valence-electron chi connectivity index (χ3n) is 3.44. The molecule has 0 aliphatic carbocycles. The Morgan fingerprint density at radius 1 is 1.05 bits per heavy atom. The predicted octanol–water partition coefficient (Wildman–Crippen LogP) is 2.36. The van der Waals surface area contributed by atoms with Gasteiger partial charge in [-0.05, 0) is 23.6 Å². The summed E-state index contributed by atoms with van der Waals surface area (Å²) in [5, 5.41) is 14.0. The van der Waals surface area contributed by atoms with Gasteiger partial charge in [-0.15, -0.1) is 0 Å². The van der Waals surface area contributed by atoms with E-state index in [1.165, 1.54) is 0 Å². The first kappa shape index (κ1) is 16.0. The molecule has 0 aromatic heterocycles. The van der Waals surface area contributed by atoms with Crippen LogP contribution in [0.2, 0.25) is 5.02 Å². The van der Waals surface area contributed by atoms with Gasteiger partial charge in [0.1, 0.15) is 0 Å². The van der Waals surface area contributed by atoms with Crippen molar-refractivity contribution in [3.05, 3.63) is 70.7 Å². The van der Waals surface area contributed by atoms with Crippen molar-refractivity contribution in [2.24, 2.45) is 5.73 Å². The quantitative estimate of drug-likeness (QED) is 0.736. The molecular weight excluding hydrogens is 284 g/mol. The van der Waals surface area contributed by atoms with Gasteiger partial charge in [0, 0.05) is 24.2 Å². The monoisotopic (exact) mass is 304 g/mol. The number of aliphatic hydroxyl groups excluding tert-OH is 1. The summed E-state index contributed by atoms with van der Waals surface area (Å²) in [7, 11) is 0. The summed E-state index contributed by atoms with van der Waals surface area (Å²) in [6, 6.07) is 17.3. The second-order valence-electron chi connectivity index (χ2n) is 5.14. The number of benzene rings is 2. The lowest BCUT2D eigenvalue weighted by atomic mass is 10.0. The Balaban J connectivity index is 1.76. The minimum absolute atomic E-state index is 0.286. The van der Waals surface area contributed by atoms with Gasteiger partial charge < -0.3 is 16.2 Å². The van der Waals surface area contributed by atoms with Crippen molar-refractivity contribution >= 4 is 11.6 Å². The summed E-state index contributed by atoms with van der Waals surface area (Å²) < 4.78 is 0. The minimum Gasteiger partial charge on any atom is -0.390 e. The van der Waals surface area contributed by atoms with E-state index in [9.17, 15) is 5.11 Å². The summed E-state index contributed by atoms with van der Waals surface area (Å²) in [5.41, 5.74) is 8.19. The smallest absolute Gasteiger partial charge is 0.0818 e. The molecule has 4 N–H and O–H groups in total. The van der Waals surface area contributed by atoms with Crippen LogP contribution in [0.5, 0.6) is 0 Å². The number of nitrogens with one attached hydrogen (secondary N) is 1. The van der Waals surface area contributed by atoms with Crippen LogP contribution in [0, 0.1) is 0 Å². The molecule has 3 nitrogen and oxygen atoms in total. The summed E-state index contributed by atoms with van der Waals surface area (Å²) >= 11 is 6.08. The summed E-state index contributed by atoms with van der Waals surface area (Å²) in [6.45, 7) is 1.06. The first-order chi connectivity index (χ1) is 10.2. The van der Waals surface area contributed by atoms with E-state index in [1.807, 2.05) is 54.6 Å². The minimum atomic E-state index is -0.590. The highest BCUT2D eigenvalue weighted by Gasteiger charge is 2.14. The molecule has 0 radical (unpaired) electrons. The Morgan fingerprint density at radius 3 is 2.43 bits per heavy atom. The molecule has 0 fully saturated rings. The zero-order chi connectivity index (χ0) is 15.1. The van der Waals surface area contributed by atoms with Crippen LogP contribution in [-0.4, -0.2) is 23.8 Å². The molecule has 0 amide bonds. The number of halogens is 1. The van der Waals surface area contributed by atoms with Gasteiger partial charge >= 0.3 is 0 Å². The normalized spacial score (nSPS) is 13.9. The van der Waals surface area contributed by atoms with E-state index in [-0.39, 0.29) is 6.04 Å². The molecular formula is C17H21ClN2O. The highest BCUT2D eigenvalue weighted by atomic mass is 35.5. The van der Waals surface area contributed by atoms with E-state index in [2.05, 4.69) is 5.32 Å². The van der Waals surface area contributed by atoms with Gasteiger partial charge in [-0.3, -0.25) is 0 Å². The molecule has 0 heterocycles. The van der Waals surface area contributed by atoms with Gasteiger partial charge in [-0.2, -0.15) is 0 Å². The van der Waals surface area contributed by atoms with Crippen molar-refractivity contribution in [2.75, 3.05) is 6.54 Å². The highest BCUT2D eigenvalue weighted by Crippen LogP contribution is 2.14. The second kappa shape index (κ2) is 8.15. The van der Waals surface area contributed by atoms with E-state index in [4.69, 9.17) is 17.3 Å².